The summed E-state index contributed by atoms with van der Waals surface area (Å²) in [4.78, 5) is 23.6. The fourth-order valence-electron chi connectivity index (χ4n) is 1.61. The zero-order valence-electron chi connectivity index (χ0n) is 11.8. The van der Waals surface area contributed by atoms with Gasteiger partial charge < -0.3 is 14.7 Å². The van der Waals surface area contributed by atoms with Gasteiger partial charge in [-0.3, -0.25) is 9.59 Å². The summed E-state index contributed by atoms with van der Waals surface area (Å²) in [5.74, 6) is -1.75. The van der Waals surface area contributed by atoms with Gasteiger partial charge in [0.25, 0.3) is 5.91 Å². The molecule has 7 nitrogen and oxygen atoms in total. The number of hydrogen-bond acceptors (Lipinski definition) is 5. The molecule has 0 heterocycles. The molecule has 0 saturated heterocycles. The van der Waals surface area contributed by atoms with Crippen molar-refractivity contribution in [3.63, 3.8) is 0 Å². The van der Waals surface area contributed by atoms with E-state index in [4.69, 9.17) is 9.84 Å². The summed E-state index contributed by atoms with van der Waals surface area (Å²) in [5.41, 5.74) is 0.226. The fraction of sp³-hybridized carbons (Fsp3) is 0.385. The number of rotatable bonds is 7. The number of sulfone groups is 1. The molecule has 1 aromatic carbocycles. The molecule has 0 bridgehead atoms. The predicted octanol–water partition coefficient (Wildman–Crippen LogP) is 0.263. The van der Waals surface area contributed by atoms with E-state index in [1.807, 2.05) is 0 Å². The number of ether oxygens (including phenoxy) is 1. The largest absolute Gasteiger partial charge is 0.480 e. The average Bonchev–Trinajstić information content (AvgIpc) is 2.43. The molecule has 0 aliphatic rings. The van der Waals surface area contributed by atoms with E-state index in [1.54, 1.807) is 0 Å². The van der Waals surface area contributed by atoms with Crippen molar-refractivity contribution in [3.8, 4) is 0 Å². The molecule has 0 fully saturated rings. The lowest BCUT2D eigenvalue weighted by atomic mass is 10.2. The van der Waals surface area contributed by atoms with Crippen LogP contribution in [0.15, 0.2) is 29.2 Å². The molecule has 8 heteroatoms. The Morgan fingerprint density at radius 2 is 1.81 bits per heavy atom. The molecule has 1 aromatic rings. The van der Waals surface area contributed by atoms with Crippen LogP contribution in [0.5, 0.6) is 0 Å². The maximum atomic E-state index is 11.9. The summed E-state index contributed by atoms with van der Waals surface area (Å²) < 4.78 is 28.5. The van der Waals surface area contributed by atoms with Crippen LogP contribution in [0.2, 0.25) is 0 Å². The number of benzene rings is 1. The molecule has 0 unspecified atom stereocenters. The van der Waals surface area contributed by atoms with Gasteiger partial charge in [0.15, 0.2) is 9.84 Å². The molecule has 0 saturated carbocycles. The highest BCUT2D eigenvalue weighted by atomic mass is 32.2. The first-order chi connectivity index (χ1) is 9.77. The third kappa shape index (κ3) is 4.83. The van der Waals surface area contributed by atoms with Crippen LogP contribution in [-0.4, -0.2) is 63.4 Å². The standard InChI is InChI=1S/C13H17NO6S/c1-14(9-12(15)16)13(17)10-3-5-11(6-4-10)21(18,19)8-7-20-2/h3-6H,7-9H2,1-2H3,(H,15,16). The maximum Gasteiger partial charge on any atom is 0.323 e. The van der Waals surface area contributed by atoms with Gasteiger partial charge in [-0.15, -0.1) is 0 Å². The Kier molecular flexibility index (Phi) is 5.86. The molecule has 0 spiro atoms. The van der Waals surface area contributed by atoms with Crippen molar-refractivity contribution < 1.29 is 27.9 Å². The third-order valence-corrected chi connectivity index (χ3v) is 4.43. The van der Waals surface area contributed by atoms with E-state index in [0.717, 1.165) is 4.90 Å². The van der Waals surface area contributed by atoms with Crippen molar-refractivity contribution in [2.24, 2.45) is 0 Å². The van der Waals surface area contributed by atoms with Crippen molar-refractivity contribution >= 4 is 21.7 Å². The number of amides is 1. The number of likely N-dealkylation sites (N-methyl/N-ethyl adjacent to an activating group) is 1. The second kappa shape index (κ2) is 7.19. The Hall–Kier alpha value is -1.93. The number of carbonyl (C=O) groups is 2. The highest BCUT2D eigenvalue weighted by Crippen LogP contribution is 2.13. The van der Waals surface area contributed by atoms with Gasteiger partial charge in [0.2, 0.25) is 0 Å². The number of nitrogens with zero attached hydrogens (tertiary/aromatic N) is 1. The van der Waals surface area contributed by atoms with Gasteiger partial charge in [-0.25, -0.2) is 8.42 Å². The van der Waals surface area contributed by atoms with Crippen LogP contribution in [0, 0.1) is 0 Å². The van der Waals surface area contributed by atoms with E-state index in [-0.39, 0.29) is 22.8 Å². The molecule has 0 radical (unpaired) electrons. The summed E-state index contributed by atoms with van der Waals surface area (Å²) in [6, 6.07) is 5.38. The van der Waals surface area contributed by atoms with Crippen LogP contribution in [0.4, 0.5) is 0 Å². The van der Waals surface area contributed by atoms with E-state index >= 15 is 0 Å². The lowest BCUT2D eigenvalue weighted by Crippen LogP contribution is -2.31. The van der Waals surface area contributed by atoms with E-state index in [2.05, 4.69) is 0 Å². The van der Waals surface area contributed by atoms with E-state index < -0.39 is 28.3 Å². The van der Waals surface area contributed by atoms with Crippen molar-refractivity contribution in [3.05, 3.63) is 29.8 Å². The number of methoxy groups -OCH3 is 1. The minimum Gasteiger partial charge on any atom is -0.480 e. The van der Waals surface area contributed by atoms with E-state index in [0.29, 0.717) is 0 Å². The van der Waals surface area contributed by atoms with Crippen LogP contribution in [0.3, 0.4) is 0 Å². The van der Waals surface area contributed by atoms with Crippen molar-refractivity contribution in [1.82, 2.24) is 4.90 Å². The molecule has 21 heavy (non-hydrogen) atoms. The Balaban J connectivity index is 2.87. The first-order valence-corrected chi connectivity index (χ1v) is 7.72. The van der Waals surface area contributed by atoms with Crippen LogP contribution in [0.25, 0.3) is 0 Å². The Labute approximate surface area is 123 Å². The van der Waals surface area contributed by atoms with Crippen molar-refractivity contribution in [2.75, 3.05) is 33.1 Å². The summed E-state index contributed by atoms with van der Waals surface area (Å²) in [7, 11) is -0.675. The third-order valence-electron chi connectivity index (χ3n) is 2.74. The number of aliphatic carboxylic acids is 1. The molecule has 1 rings (SSSR count). The molecular weight excluding hydrogens is 298 g/mol. The monoisotopic (exact) mass is 315 g/mol. The first kappa shape index (κ1) is 17.1. The van der Waals surface area contributed by atoms with Crippen molar-refractivity contribution in [2.45, 2.75) is 4.90 Å². The second-order valence-corrected chi connectivity index (χ2v) is 6.50. The average molecular weight is 315 g/mol. The zero-order chi connectivity index (χ0) is 16.0. The molecular formula is C13H17NO6S. The Morgan fingerprint density at radius 3 is 2.29 bits per heavy atom. The predicted molar refractivity (Wildman–Crippen MR) is 75.0 cm³/mol. The molecule has 0 aliphatic carbocycles. The van der Waals surface area contributed by atoms with Gasteiger partial charge in [0, 0.05) is 19.7 Å². The summed E-state index contributed by atoms with van der Waals surface area (Å²) in [6.07, 6.45) is 0. The minimum atomic E-state index is -3.45. The smallest absolute Gasteiger partial charge is 0.323 e. The van der Waals surface area contributed by atoms with Gasteiger partial charge in [-0.2, -0.15) is 0 Å². The summed E-state index contributed by atoms with van der Waals surface area (Å²) >= 11 is 0. The van der Waals surface area contributed by atoms with Crippen molar-refractivity contribution in [1.29, 1.82) is 0 Å². The van der Waals surface area contributed by atoms with Crippen LogP contribution in [0.1, 0.15) is 10.4 Å². The summed E-state index contributed by atoms with van der Waals surface area (Å²) in [5, 5.41) is 8.63. The first-order valence-electron chi connectivity index (χ1n) is 6.07. The SMILES string of the molecule is COCCS(=O)(=O)c1ccc(C(=O)N(C)CC(=O)O)cc1. The van der Waals surface area contributed by atoms with Crippen LogP contribution in [-0.2, 0) is 19.4 Å². The zero-order valence-corrected chi connectivity index (χ0v) is 12.6. The number of hydrogen-bond donors (Lipinski definition) is 1. The van der Waals surface area contributed by atoms with E-state index in [1.165, 1.54) is 38.4 Å². The normalized spacial score (nSPS) is 11.1. The Bertz CT molecular complexity index is 608. The molecule has 116 valence electrons. The van der Waals surface area contributed by atoms with E-state index in [9.17, 15) is 18.0 Å². The number of carbonyl (C=O) groups excluding carboxylic acids is 1. The van der Waals surface area contributed by atoms with Gasteiger partial charge in [0.05, 0.1) is 17.3 Å². The van der Waals surface area contributed by atoms with Gasteiger partial charge in [0.1, 0.15) is 6.54 Å². The molecule has 0 aromatic heterocycles. The topological polar surface area (TPSA) is 101 Å². The molecule has 0 atom stereocenters. The van der Waals surface area contributed by atoms with Gasteiger partial charge >= 0.3 is 5.97 Å². The fourth-order valence-corrected chi connectivity index (χ4v) is 2.78. The minimum absolute atomic E-state index is 0.0877. The lowest BCUT2D eigenvalue weighted by molar-refractivity contribution is -0.137. The highest BCUT2D eigenvalue weighted by molar-refractivity contribution is 7.91. The van der Waals surface area contributed by atoms with Gasteiger partial charge in [-0.05, 0) is 24.3 Å². The number of carboxylic acid groups (broad SMARTS) is 1. The quantitative estimate of drug-likeness (QED) is 0.774. The van der Waals surface area contributed by atoms with Crippen LogP contribution < -0.4 is 0 Å². The molecule has 1 N–H and O–H groups in total. The maximum absolute atomic E-state index is 11.9. The second-order valence-electron chi connectivity index (χ2n) is 4.39. The molecule has 1 amide bonds. The highest BCUT2D eigenvalue weighted by Gasteiger charge is 2.17. The number of carboxylic acids is 1. The van der Waals surface area contributed by atoms with Crippen LogP contribution >= 0.6 is 0 Å². The summed E-state index contributed by atoms with van der Waals surface area (Å²) in [6.45, 7) is -0.336. The molecule has 0 aliphatic heterocycles. The Morgan fingerprint density at radius 1 is 1.24 bits per heavy atom. The van der Waals surface area contributed by atoms with Gasteiger partial charge in [-0.1, -0.05) is 0 Å². The lowest BCUT2D eigenvalue weighted by Gasteiger charge is -2.14.